The predicted octanol–water partition coefficient (Wildman–Crippen LogP) is 1.66. The van der Waals surface area contributed by atoms with Crippen LogP contribution in [0, 0.1) is 17.2 Å². The Bertz CT molecular complexity index is 219. The molecule has 0 aromatic rings. The molecule has 0 aromatic heterocycles. The molecule has 0 saturated carbocycles. The number of hydrogen-bond donors (Lipinski definition) is 0. The average molecular weight is 179 g/mol. The van der Waals surface area contributed by atoms with E-state index in [0.29, 0.717) is 5.92 Å². The molecule has 72 valence electrons. The first-order valence-corrected chi connectivity index (χ1v) is 4.83. The molecule has 1 heterocycles. The summed E-state index contributed by atoms with van der Waals surface area (Å²) in [6.07, 6.45) is 3.00. The molecular weight excluding hydrogens is 162 g/mol. The van der Waals surface area contributed by atoms with Gasteiger partial charge in [-0.2, -0.15) is 5.26 Å². The molecule has 1 rings (SSSR count). The third-order valence-corrected chi connectivity index (χ3v) is 2.78. The van der Waals surface area contributed by atoms with Crippen LogP contribution in [-0.4, -0.2) is 30.9 Å². The number of aliphatic imine (C=N–C) groups is 1. The molecule has 1 aliphatic heterocycles. The van der Waals surface area contributed by atoms with E-state index in [0.717, 1.165) is 38.2 Å². The summed E-state index contributed by atoms with van der Waals surface area (Å²) in [5, 5.41) is 8.55. The molecule has 0 radical (unpaired) electrons. The van der Waals surface area contributed by atoms with Crippen molar-refractivity contribution < 1.29 is 0 Å². The molecule has 1 saturated heterocycles. The molecule has 0 bridgehead atoms. The zero-order chi connectivity index (χ0) is 9.68. The maximum absolute atomic E-state index is 8.55. The number of hydrogen-bond acceptors (Lipinski definition) is 2. The van der Waals surface area contributed by atoms with Crippen LogP contribution >= 0.6 is 0 Å². The largest absolute Gasteiger partial charge is 0.361 e. The van der Waals surface area contributed by atoms with Gasteiger partial charge in [0.25, 0.3) is 0 Å². The van der Waals surface area contributed by atoms with E-state index in [-0.39, 0.29) is 0 Å². The zero-order valence-corrected chi connectivity index (χ0v) is 8.45. The summed E-state index contributed by atoms with van der Waals surface area (Å²) in [5.74, 6) is 1.74. The van der Waals surface area contributed by atoms with Gasteiger partial charge in [-0.25, -0.2) is 0 Å². The van der Waals surface area contributed by atoms with Crippen LogP contribution in [0.1, 0.15) is 26.2 Å². The third kappa shape index (κ3) is 2.73. The quantitative estimate of drug-likeness (QED) is 0.453. The van der Waals surface area contributed by atoms with Crippen LogP contribution in [0.5, 0.6) is 0 Å². The van der Waals surface area contributed by atoms with Crippen molar-refractivity contribution in [2.75, 3.05) is 20.1 Å². The Morgan fingerprint density at radius 2 is 2.15 bits per heavy atom. The van der Waals surface area contributed by atoms with Gasteiger partial charge in [0.15, 0.2) is 0 Å². The molecule has 1 aliphatic rings. The molecule has 0 unspecified atom stereocenters. The van der Waals surface area contributed by atoms with Crippen LogP contribution in [0.3, 0.4) is 0 Å². The van der Waals surface area contributed by atoms with E-state index >= 15 is 0 Å². The lowest BCUT2D eigenvalue weighted by Gasteiger charge is -2.32. The van der Waals surface area contributed by atoms with Crippen molar-refractivity contribution in [1.82, 2.24) is 4.90 Å². The fourth-order valence-electron chi connectivity index (χ4n) is 1.73. The summed E-state index contributed by atoms with van der Waals surface area (Å²) in [7, 11) is 1.83. The van der Waals surface area contributed by atoms with Gasteiger partial charge in [-0.3, -0.25) is 4.99 Å². The van der Waals surface area contributed by atoms with Crippen LogP contribution in [0.2, 0.25) is 0 Å². The minimum Gasteiger partial charge on any atom is -0.361 e. The summed E-state index contributed by atoms with van der Waals surface area (Å²) < 4.78 is 0. The minimum absolute atomic E-state index is 0.617. The van der Waals surface area contributed by atoms with Crippen molar-refractivity contribution in [2.24, 2.45) is 10.9 Å². The smallest absolute Gasteiger partial charge is 0.0954 e. The number of piperidine rings is 1. The monoisotopic (exact) mass is 179 g/mol. The summed E-state index contributed by atoms with van der Waals surface area (Å²) in [5.41, 5.74) is 0. The van der Waals surface area contributed by atoms with E-state index in [4.69, 9.17) is 5.26 Å². The topological polar surface area (TPSA) is 39.4 Å². The van der Waals surface area contributed by atoms with Crippen LogP contribution < -0.4 is 0 Å². The number of nitriles is 1. The minimum atomic E-state index is 0.617. The first-order chi connectivity index (χ1) is 6.27. The van der Waals surface area contributed by atoms with Gasteiger partial charge in [0, 0.05) is 26.6 Å². The van der Waals surface area contributed by atoms with Crippen molar-refractivity contribution in [3.8, 4) is 6.07 Å². The molecule has 0 aliphatic carbocycles. The molecule has 0 N–H and O–H groups in total. The van der Waals surface area contributed by atoms with Crippen LogP contribution in [0.25, 0.3) is 0 Å². The van der Waals surface area contributed by atoms with Crippen molar-refractivity contribution in [2.45, 2.75) is 26.2 Å². The number of rotatable bonds is 1. The maximum Gasteiger partial charge on any atom is 0.0954 e. The fourth-order valence-corrected chi connectivity index (χ4v) is 1.73. The third-order valence-electron chi connectivity index (χ3n) is 2.78. The van der Waals surface area contributed by atoms with Gasteiger partial charge in [0.1, 0.15) is 0 Å². The van der Waals surface area contributed by atoms with Gasteiger partial charge in [-0.1, -0.05) is 0 Å². The Hall–Kier alpha value is -1.04. The fraction of sp³-hybridized carbons (Fsp3) is 0.800. The number of amidine groups is 1. The predicted molar refractivity (Wildman–Crippen MR) is 53.6 cm³/mol. The van der Waals surface area contributed by atoms with Gasteiger partial charge in [0.2, 0.25) is 0 Å². The molecule has 13 heavy (non-hydrogen) atoms. The summed E-state index contributed by atoms with van der Waals surface area (Å²) in [6.45, 7) is 4.18. The molecular formula is C10H17N3. The van der Waals surface area contributed by atoms with Gasteiger partial charge in [0.05, 0.1) is 11.9 Å². The van der Waals surface area contributed by atoms with E-state index < -0.39 is 0 Å². The van der Waals surface area contributed by atoms with Crippen molar-refractivity contribution in [1.29, 1.82) is 5.26 Å². The second-order valence-corrected chi connectivity index (χ2v) is 3.56. The summed E-state index contributed by atoms with van der Waals surface area (Å²) in [6, 6.07) is 2.25. The molecule has 3 nitrogen and oxygen atoms in total. The van der Waals surface area contributed by atoms with Crippen LogP contribution in [-0.2, 0) is 0 Å². The Morgan fingerprint density at radius 1 is 1.54 bits per heavy atom. The maximum atomic E-state index is 8.55. The highest BCUT2D eigenvalue weighted by molar-refractivity contribution is 5.79. The van der Waals surface area contributed by atoms with Crippen molar-refractivity contribution >= 4 is 5.84 Å². The van der Waals surface area contributed by atoms with E-state index in [9.17, 15) is 0 Å². The summed E-state index contributed by atoms with van der Waals surface area (Å²) in [4.78, 5) is 6.46. The standard InChI is InChI=1S/C10H17N3/c1-9(12-2)13-7-4-10(3-6-11)5-8-13/h10H,3-5,7-8H2,1-2H3. The molecule has 0 amide bonds. The molecule has 1 fully saturated rings. The van der Waals surface area contributed by atoms with E-state index in [2.05, 4.69) is 16.0 Å². The summed E-state index contributed by atoms with van der Waals surface area (Å²) >= 11 is 0. The lowest BCUT2D eigenvalue weighted by molar-refractivity contribution is 0.268. The molecule has 0 aromatic carbocycles. The lowest BCUT2D eigenvalue weighted by atomic mass is 9.94. The van der Waals surface area contributed by atoms with Gasteiger partial charge in [-0.15, -0.1) is 0 Å². The molecule has 3 heteroatoms. The highest BCUT2D eigenvalue weighted by Crippen LogP contribution is 2.19. The van der Waals surface area contributed by atoms with Gasteiger partial charge < -0.3 is 4.90 Å². The number of nitrogens with zero attached hydrogens (tertiary/aromatic N) is 3. The Kier molecular flexibility index (Phi) is 3.75. The molecule has 0 atom stereocenters. The second kappa shape index (κ2) is 4.86. The normalized spacial score (nSPS) is 20.1. The van der Waals surface area contributed by atoms with Crippen LogP contribution in [0.15, 0.2) is 4.99 Å². The lowest BCUT2D eigenvalue weighted by Crippen LogP contribution is -2.37. The van der Waals surface area contributed by atoms with Gasteiger partial charge >= 0.3 is 0 Å². The van der Waals surface area contributed by atoms with E-state index in [1.807, 2.05) is 14.0 Å². The average Bonchev–Trinajstić information content (AvgIpc) is 2.18. The second-order valence-electron chi connectivity index (χ2n) is 3.56. The number of likely N-dealkylation sites (tertiary alicyclic amines) is 1. The van der Waals surface area contributed by atoms with Gasteiger partial charge in [-0.05, 0) is 25.7 Å². The van der Waals surface area contributed by atoms with Crippen molar-refractivity contribution in [3.05, 3.63) is 0 Å². The first-order valence-electron chi connectivity index (χ1n) is 4.83. The SMILES string of the molecule is CN=C(C)N1CCC(CC#N)CC1. The Morgan fingerprint density at radius 3 is 2.62 bits per heavy atom. The van der Waals surface area contributed by atoms with E-state index in [1.165, 1.54) is 0 Å². The van der Waals surface area contributed by atoms with Crippen LogP contribution in [0.4, 0.5) is 0 Å². The van der Waals surface area contributed by atoms with E-state index in [1.54, 1.807) is 0 Å². The zero-order valence-electron chi connectivity index (χ0n) is 8.45. The first kappa shape index (κ1) is 10.0. The highest BCUT2D eigenvalue weighted by Gasteiger charge is 2.18. The molecule has 0 spiro atoms. The Balaban J connectivity index is 2.35. The van der Waals surface area contributed by atoms with Crippen molar-refractivity contribution in [3.63, 3.8) is 0 Å². The Labute approximate surface area is 80.1 Å². The highest BCUT2D eigenvalue weighted by atomic mass is 15.2.